The SMILES string of the molecule is O=C(O)c1ccccc1.[SH][Cu]([SH])([SH])([SH])([SH])[SH]. The van der Waals surface area contributed by atoms with E-state index in [0.717, 1.165) is 0 Å². The minimum absolute atomic E-state index is 0.331. The summed E-state index contributed by atoms with van der Waals surface area (Å²) in [5.74, 6) is -0.879. The molecule has 0 aliphatic rings. The van der Waals surface area contributed by atoms with Gasteiger partial charge in [0.2, 0.25) is 0 Å². The summed E-state index contributed by atoms with van der Waals surface area (Å²) in [5, 5.41) is 8.38. The second-order valence-corrected chi connectivity index (χ2v) is 35.2. The van der Waals surface area contributed by atoms with Gasteiger partial charge in [0, 0.05) is 0 Å². The van der Waals surface area contributed by atoms with Crippen LogP contribution >= 0.6 is 66.3 Å². The Hall–Kier alpha value is 1.31. The summed E-state index contributed by atoms with van der Waals surface area (Å²) >= 11 is 23.2. The molecule has 0 saturated heterocycles. The van der Waals surface area contributed by atoms with Crippen molar-refractivity contribution in [1.82, 2.24) is 0 Å². The van der Waals surface area contributed by atoms with Crippen LogP contribution < -0.4 is 0 Å². The van der Waals surface area contributed by atoms with Crippen LogP contribution in [0.1, 0.15) is 10.4 Å². The van der Waals surface area contributed by atoms with Gasteiger partial charge in [-0.2, -0.15) is 0 Å². The summed E-state index contributed by atoms with van der Waals surface area (Å²) in [6.45, 7) is 0. The average Bonchev–Trinajstić information content (AvgIpc) is 2.00. The van der Waals surface area contributed by atoms with Crippen molar-refractivity contribution in [2.45, 2.75) is 0 Å². The molecular formula is C7H12CuO2S6. The summed E-state index contributed by atoms with van der Waals surface area (Å²) < 4.78 is -3.27. The predicted molar refractivity (Wildman–Crippen MR) is 87.3 cm³/mol. The van der Waals surface area contributed by atoms with E-state index in [1.807, 2.05) is 0 Å². The van der Waals surface area contributed by atoms with Gasteiger partial charge in [-0.25, -0.2) is 4.79 Å². The van der Waals surface area contributed by atoms with Crippen molar-refractivity contribution in [3.8, 4) is 0 Å². The number of hydrogen-bond donors (Lipinski definition) is 7. The fraction of sp³-hybridized carbons (Fsp3) is 0. The average molecular weight is 384 g/mol. The Balaban J connectivity index is 0.000000293. The molecule has 0 atom stereocenters. The third-order valence-corrected chi connectivity index (χ3v) is 1.02. The number of hydrogen-bond acceptors (Lipinski definition) is 7. The van der Waals surface area contributed by atoms with E-state index in [4.69, 9.17) is 5.11 Å². The van der Waals surface area contributed by atoms with Crippen molar-refractivity contribution >= 4 is 72.3 Å². The predicted octanol–water partition coefficient (Wildman–Crippen LogP) is 3.67. The maximum absolute atomic E-state index is 10.2. The van der Waals surface area contributed by atoms with Gasteiger partial charge < -0.3 is 5.11 Å². The summed E-state index contributed by atoms with van der Waals surface area (Å²) in [6.07, 6.45) is 0. The Bertz CT molecular complexity index is 358. The quantitative estimate of drug-likeness (QED) is 0.298. The Kier molecular flexibility index (Phi) is 5.54. The number of rotatable bonds is 1. The van der Waals surface area contributed by atoms with Crippen LogP contribution in [-0.2, 0) is 4.01 Å². The molecule has 9 heteroatoms. The molecule has 16 heavy (non-hydrogen) atoms. The van der Waals surface area contributed by atoms with Gasteiger partial charge in [0.1, 0.15) is 0 Å². The second kappa shape index (κ2) is 5.13. The normalized spacial score (nSPS) is 15.1. The van der Waals surface area contributed by atoms with Crippen molar-refractivity contribution in [2.24, 2.45) is 0 Å². The molecule has 0 amide bonds. The second-order valence-electron chi connectivity index (χ2n) is 2.58. The molecule has 99 valence electrons. The maximum atomic E-state index is 10.2. The Morgan fingerprint density at radius 2 is 1.25 bits per heavy atom. The van der Waals surface area contributed by atoms with Gasteiger partial charge in [-0.15, -0.1) is 0 Å². The number of carboxylic acids is 1. The van der Waals surface area contributed by atoms with Crippen LogP contribution in [0.3, 0.4) is 0 Å². The van der Waals surface area contributed by atoms with E-state index < -0.39 is 9.98 Å². The fourth-order valence-electron chi connectivity index (χ4n) is 0.581. The van der Waals surface area contributed by atoms with Crippen molar-refractivity contribution in [1.29, 1.82) is 0 Å². The zero-order chi connectivity index (χ0) is 13.1. The molecule has 2 nitrogen and oxygen atoms in total. The van der Waals surface area contributed by atoms with Crippen molar-refractivity contribution in [3.05, 3.63) is 35.9 Å². The van der Waals surface area contributed by atoms with Crippen LogP contribution in [0.5, 0.6) is 0 Å². The molecule has 0 fully saturated rings. The molecule has 0 radical (unpaired) electrons. The number of carbonyl (C=O) groups is 1. The van der Waals surface area contributed by atoms with Crippen LogP contribution in [0.25, 0.3) is 0 Å². The van der Waals surface area contributed by atoms with E-state index in [0.29, 0.717) is 5.56 Å². The van der Waals surface area contributed by atoms with Gasteiger partial charge in [0.15, 0.2) is 0 Å². The van der Waals surface area contributed by atoms with E-state index in [1.165, 1.54) is 0 Å². The molecule has 0 bridgehead atoms. The summed E-state index contributed by atoms with van der Waals surface area (Å²) in [4.78, 5) is 10.2. The number of aromatic carboxylic acids is 1. The summed E-state index contributed by atoms with van der Waals surface area (Å²) in [6, 6.07) is 8.30. The minimum atomic E-state index is -3.27. The van der Waals surface area contributed by atoms with E-state index in [9.17, 15) is 4.79 Å². The third-order valence-electron chi connectivity index (χ3n) is 1.02. The Morgan fingerprint density at radius 1 is 0.938 bits per heavy atom. The molecule has 1 N–H and O–H groups in total. The molecule has 0 aromatic heterocycles. The Labute approximate surface area is 121 Å². The molecule has 1 aromatic rings. The zero-order valence-electron chi connectivity index (χ0n) is 7.73. The molecule has 0 spiro atoms. The molecule has 1 rings (SSSR count). The van der Waals surface area contributed by atoms with Gasteiger partial charge in [-0.05, 0) is 12.1 Å². The molecule has 0 unspecified atom stereocenters. The molecule has 0 aliphatic heterocycles. The summed E-state index contributed by atoms with van der Waals surface area (Å²) in [5.41, 5.74) is 0.331. The number of thiol groups is 6. The first-order valence-corrected chi connectivity index (χ1v) is 12.6. The third kappa shape index (κ3) is 17.7. The van der Waals surface area contributed by atoms with Crippen LogP contribution in [0, 0.1) is 0 Å². The van der Waals surface area contributed by atoms with Crippen LogP contribution in [0.4, 0.5) is 0 Å². The molecular weight excluding hydrogens is 372 g/mol. The van der Waals surface area contributed by atoms with Crippen molar-refractivity contribution in [3.63, 3.8) is 0 Å². The van der Waals surface area contributed by atoms with Gasteiger partial charge >= 0.3 is 76.3 Å². The monoisotopic (exact) mass is 383 g/mol. The van der Waals surface area contributed by atoms with Crippen LogP contribution in [-0.4, -0.2) is 11.1 Å². The Morgan fingerprint density at radius 3 is 1.44 bits per heavy atom. The van der Waals surface area contributed by atoms with Crippen LogP contribution in [0.2, 0.25) is 0 Å². The first kappa shape index (κ1) is 17.3. The van der Waals surface area contributed by atoms with Gasteiger partial charge in [-0.3, -0.25) is 0 Å². The van der Waals surface area contributed by atoms with Crippen molar-refractivity contribution in [2.75, 3.05) is 0 Å². The molecule has 0 saturated carbocycles. The van der Waals surface area contributed by atoms with Crippen LogP contribution in [0.15, 0.2) is 30.3 Å². The fourth-order valence-corrected chi connectivity index (χ4v) is 0.581. The first-order chi connectivity index (χ1) is 6.75. The van der Waals surface area contributed by atoms with Crippen molar-refractivity contribution < 1.29 is 13.9 Å². The summed E-state index contributed by atoms with van der Waals surface area (Å²) in [7, 11) is 0. The molecule has 0 heterocycles. The van der Waals surface area contributed by atoms with E-state index in [-0.39, 0.29) is 0 Å². The molecule has 1 aromatic carbocycles. The number of benzene rings is 1. The van der Waals surface area contributed by atoms with Gasteiger partial charge in [-0.1, -0.05) is 18.2 Å². The zero-order valence-corrected chi connectivity index (χ0v) is 14.0. The van der Waals surface area contributed by atoms with E-state index >= 15 is 0 Å². The van der Waals surface area contributed by atoms with E-state index in [2.05, 4.69) is 66.3 Å². The topological polar surface area (TPSA) is 37.3 Å². The first-order valence-electron chi connectivity index (χ1n) is 3.40. The van der Waals surface area contributed by atoms with Gasteiger partial charge in [0.25, 0.3) is 0 Å². The molecule has 0 aliphatic carbocycles. The van der Waals surface area contributed by atoms with E-state index in [1.54, 1.807) is 30.3 Å². The number of carboxylic acid groups (broad SMARTS) is 1. The van der Waals surface area contributed by atoms with Gasteiger partial charge in [0.05, 0.1) is 5.56 Å². The standard InChI is InChI=1S/C7H6O2.Cu.6H2S/c8-7(9)6-4-2-1-3-5-6;;;;;;;/h1-5H,(H,8,9);;6*1H2/q;+6;;;;;;/p-6.